The summed E-state index contributed by atoms with van der Waals surface area (Å²) in [7, 11) is -2.12. The maximum absolute atomic E-state index is 12.5. The summed E-state index contributed by atoms with van der Waals surface area (Å²) in [5.74, 6) is 5.61. The molecular formula is C13H16N4O2S. The van der Waals surface area contributed by atoms with E-state index in [-0.39, 0.29) is 4.90 Å². The molecular weight excluding hydrogens is 276 g/mol. The summed E-state index contributed by atoms with van der Waals surface area (Å²) in [6.07, 6.45) is 1.27. The van der Waals surface area contributed by atoms with Crippen LogP contribution in [0, 0.1) is 6.92 Å². The first kappa shape index (κ1) is 14.3. The first-order valence-corrected chi connectivity index (χ1v) is 7.37. The number of hydrogen-bond acceptors (Lipinski definition) is 5. The van der Waals surface area contributed by atoms with Crippen LogP contribution >= 0.6 is 0 Å². The lowest BCUT2D eigenvalue weighted by atomic mass is 10.2. The number of nitrogens with two attached hydrogens (primary N) is 1. The average Bonchev–Trinajstić information content (AvgIpc) is 2.47. The molecule has 20 heavy (non-hydrogen) atoms. The van der Waals surface area contributed by atoms with Gasteiger partial charge < -0.3 is 5.43 Å². The largest absolute Gasteiger partial charge is 0.308 e. The molecule has 106 valence electrons. The van der Waals surface area contributed by atoms with E-state index in [9.17, 15) is 8.42 Å². The number of hydrazine groups is 1. The van der Waals surface area contributed by atoms with Gasteiger partial charge in [-0.3, -0.25) is 4.31 Å². The molecule has 1 aromatic heterocycles. The summed E-state index contributed by atoms with van der Waals surface area (Å²) < 4.78 is 26.1. The van der Waals surface area contributed by atoms with E-state index < -0.39 is 10.0 Å². The third-order valence-electron chi connectivity index (χ3n) is 2.94. The lowest BCUT2D eigenvalue weighted by molar-refractivity contribution is 0.594. The molecule has 0 spiro atoms. The number of hydrogen-bond donors (Lipinski definition) is 2. The molecule has 0 saturated heterocycles. The predicted octanol–water partition coefficient (Wildman–Crippen LogP) is 1.50. The van der Waals surface area contributed by atoms with Gasteiger partial charge in [0.25, 0.3) is 10.0 Å². The van der Waals surface area contributed by atoms with Crippen LogP contribution in [0.4, 0.5) is 11.5 Å². The molecule has 0 fully saturated rings. The first-order chi connectivity index (χ1) is 9.45. The monoisotopic (exact) mass is 292 g/mol. The standard InChI is InChI=1S/C13H16N4O2S/c1-10-3-5-11(6-4-10)17(2)20(18,19)12-7-8-13(16-14)15-9-12/h3-9H,14H2,1-2H3,(H,15,16). The van der Waals surface area contributed by atoms with Gasteiger partial charge in [0.05, 0.1) is 5.69 Å². The van der Waals surface area contributed by atoms with Crippen molar-refractivity contribution in [2.45, 2.75) is 11.8 Å². The van der Waals surface area contributed by atoms with E-state index in [2.05, 4.69) is 10.4 Å². The summed E-state index contributed by atoms with van der Waals surface area (Å²) in [6.45, 7) is 1.95. The van der Waals surface area contributed by atoms with Crippen LogP contribution in [-0.4, -0.2) is 20.4 Å². The Hall–Kier alpha value is -2.12. The summed E-state index contributed by atoms with van der Waals surface area (Å²) in [4.78, 5) is 4.02. The number of aromatic nitrogens is 1. The normalized spacial score (nSPS) is 11.2. The third-order valence-corrected chi connectivity index (χ3v) is 4.71. The van der Waals surface area contributed by atoms with Crippen molar-refractivity contribution in [3.05, 3.63) is 48.2 Å². The molecule has 2 rings (SSSR count). The Morgan fingerprint density at radius 2 is 1.80 bits per heavy atom. The van der Waals surface area contributed by atoms with Crippen molar-refractivity contribution < 1.29 is 8.42 Å². The molecule has 2 aromatic rings. The van der Waals surface area contributed by atoms with Crippen LogP contribution in [0.3, 0.4) is 0 Å². The molecule has 1 aromatic carbocycles. The second-order valence-corrected chi connectivity index (χ2v) is 6.30. The number of nitrogens with one attached hydrogen (secondary N) is 1. The number of anilines is 2. The van der Waals surface area contributed by atoms with Crippen LogP contribution < -0.4 is 15.6 Å². The topological polar surface area (TPSA) is 88.3 Å². The van der Waals surface area contributed by atoms with Gasteiger partial charge in [-0.2, -0.15) is 0 Å². The van der Waals surface area contributed by atoms with Gasteiger partial charge in [0.1, 0.15) is 10.7 Å². The van der Waals surface area contributed by atoms with Gasteiger partial charge in [0.2, 0.25) is 0 Å². The van der Waals surface area contributed by atoms with Gasteiger partial charge in [0.15, 0.2) is 0 Å². The molecule has 0 aliphatic carbocycles. The molecule has 3 N–H and O–H groups in total. The molecule has 0 amide bonds. The number of aryl methyl sites for hydroxylation is 1. The Kier molecular flexibility index (Phi) is 3.91. The Morgan fingerprint density at radius 3 is 2.30 bits per heavy atom. The fraction of sp³-hybridized carbons (Fsp3) is 0.154. The Labute approximate surface area is 118 Å². The third kappa shape index (κ3) is 2.73. The fourth-order valence-electron chi connectivity index (χ4n) is 1.67. The molecule has 7 heteroatoms. The summed E-state index contributed by atoms with van der Waals surface area (Å²) >= 11 is 0. The molecule has 1 heterocycles. The van der Waals surface area contributed by atoms with Crippen molar-refractivity contribution in [1.29, 1.82) is 0 Å². The number of pyridine rings is 1. The van der Waals surface area contributed by atoms with Gasteiger partial charge in [-0.25, -0.2) is 19.2 Å². The highest BCUT2D eigenvalue weighted by Crippen LogP contribution is 2.22. The summed E-state index contributed by atoms with van der Waals surface area (Å²) in [5, 5.41) is 0. The van der Waals surface area contributed by atoms with E-state index in [0.29, 0.717) is 11.5 Å². The van der Waals surface area contributed by atoms with E-state index in [4.69, 9.17) is 5.84 Å². The summed E-state index contributed by atoms with van der Waals surface area (Å²) in [6, 6.07) is 10.2. The van der Waals surface area contributed by atoms with Crippen LogP contribution in [0.5, 0.6) is 0 Å². The Balaban J connectivity index is 2.35. The smallest absolute Gasteiger partial charge is 0.265 e. The lowest BCUT2D eigenvalue weighted by Crippen LogP contribution is -2.26. The zero-order valence-electron chi connectivity index (χ0n) is 11.2. The average molecular weight is 292 g/mol. The highest BCUT2D eigenvalue weighted by Gasteiger charge is 2.21. The minimum atomic E-state index is -3.63. The van der Waals surface area contributed by atoms with Crippen molar-refractivity contribution in [3.63, 3.8) is 0 Å². The maximum Gasteiger partial charge on any atom is 0.265 e. The molecule has 0 aliphatic heterocycles. The van der Waals surface area contributed by atoms with Crippen molar-refractivity contribution in [2.24, 2.45) is 5.84 Å². The second kappa shape index (κ2) is 5.48. The fourth-order valence-corrected chi connectivity index (χ4v) is 2.81. The number of rotatable bonds is 4. The van der Waals surface area contributed by atoms with Crippen molar-refractivity contribution in [2.75, 3.05) is 16.8 Å². The quantitative estimate of drug-likeness (QED) is 0.658. The SMILES string of the molecule is Cc1ccc(N(C)S(=O)(=O)c2ccc(NN)nc2)cc1. The minimum Gasteiger partial charge on any atom is -0.308 e. The van der Waals surface area contributed by atoms with Crippen LogP contribution in [0.15, 0.2) is 47.5 Å². The highest BCUT2D eigenvalue weighted by atomic mass is 32.2. The predicted molar refractivity (Wildman–Crippen MR) is 78.8 cm³/mol. The zero-order valence-corrected chi connectivity index (χ0v) is 12.1. The van der Waals surface area contributed by atoms with Gasteiger partial charge >= 0.3 is 0 Å². The molecule has 0 unspecified atom stereocenters. The van der Waals surface area contributed by atoms with Crippen LogP contribution in [0.1, 0.15) is 5.56 Å². The van der Waals surface area contributed by atoms with Crippen LogP contribution in [0.25, 0.3) is 0 Å². The Bertz CT molecular complexity index is 681. The van der Waals surface area contributed by atoms with Gasteiger partial charge in [0, 0.05) is 13.2 Å². The molecule has 0 atom stereocenters. The van der Waals surface area contributed by atoms with Crippen molar-refractivity contribution >= 4 is 21.5 Å². The van der Waals surface area contributed by atoms with E-state index >= 15 is 0 Å². The van der Waals surface area contributed by atoms with E-state index in [1.165, 1.54) is 29.7 Å². The molecule has 6 nitrogen and oxygen atoms in total. The number of benzene rings is 1. The minimum absolute atomic E-state index is 0.111. The van der Waals surface area contributed by atoms with Gasteiger partial charge in [-0.1, -0.05) is 17.7 Å². The lowest BCUT2D eigenvalue weighted by Gasteiger charge is -2.19. The summed E-state index contributed by atoms with van der Waals surface area (Å²) in [5.41, 5.74) is 4.02. The number of nitrogens with zero attached hydrogens (tertiary/aromatic N) is 2. The van der Waals surface area contributed by atoms with E-state index in [0.717, 1.165) is 5.56 Å². The van der Waals surface area contributed by atoms with Crippen molar-refractivity contribution in [1.82, 2.24) is 4.98 Å². The molecule has 0 bridgehead atoms. The molecule has 0 saturated carbocycles. The molecule has 0 radical (unpaired) electrons. The van der Waals surface area contributed by atoms with Crippen LogP contribution in [0.2, 0.25) is 0 Å². The van der Waals surface area contributed by atoms with E-state index in [1.54, 1.807) is 12.1 Å². The Morgan fingerprint density at radius 1 is 1.15 bits per heavy atom. The van der Waals surface area contributed by atoms with Crippen LogP contribution in [-0.2, 0) is 10.0 Å². The number of nitrogen functional groups attached to an aromatic ring is 1. The highest BCUT2D eigenvalue weighted by molar-refractivity contribution is 7.92. The van der Waals surface area contributed by atoms with Gasteiger partial charge in [-0.15, -0.1) is 0 Å². The maximum atomic E-state index is 12.5. The zero-order chi connectivity index (χ0) is 14.8. The number of sulfonamides is 1. The van der Waals surface area contributed by atoms with Gasteiger partial charge in [-0.05, 0) is 31.2 Å². The van der Waals surface area contributed by atoms with E-state index in [1.807, 2.05) is 19.1 Å². The van der Waals surface area contributed by atoms with Crippen molar-refractivity contribution in [3.8, 4) is 0 Å². The molecule has 0 aliphatic rings. The first-order valence-electron chi connectivity index (χ1n) is 5.93. The second-order valence-electron chi connectivity index (χ2n) is 4.33.